The molecule has 0 saturated carbocycles. The molecular weight excluding hydrogens is 462 g/mol. The van der Waals surface area contributed by atoms with Crippen LogP contribution >= 0.6 is 23.4 Å². The zero-order valence-corrected chi connectivity index (χ0v) is 18.7. The van der Waals surface area contributed by atoms with Crippen molar-refractivity contribution in [2.24, 2.45) is 5.16 Å². The summed E-state index contributed by atoms with van der Waals surface area (Å²) in [5.74, 6) is -2.54. The fourth-order valence-electron chi connectivity index (χ4n) is 4.18. The van der Waals surface area contributed by atoms with E-state index < -0.39 is 28.3 Å². The maximum Gasteiger partial charge on any atom is 0.328 e. The highest BCUT2D eigenvalue weighted by atomic mass is 35.5. The Labute approximate surface area is 192 Å². The number of hydrogen-bond acceptors (Lipinski definition) is 8. The van der Waals surface area contributed by atoms with E-state index in [-0.39, 0.29) is 33.9 Å². The Morgan fingerprint density at radius 1 is 1.31 bits per heavy atom. The Balaban J connectivity index is 1.33. The summed E-state index contributed by atoms with van der Waals surface area (Å²) in [6.45, 7) is 2.49. The van der Waals surface area contributed by atoms with E-state index in [9.17, 15) is 29.7 Å². The lowest BCUT2D eigenvalue weighted by molar-refractivity contribution is -0.156. The Bertz CT molecular complexity index is 998. The lowest BCUT2D eigenvalue weighted by Gasteiger charge is -2.36. The van der Waals surface area contributed by atoms with Crippen LogP contribution in [0.25, 0.3) is 0 Å². The average molecular weight is 484 g/mol. The summed E-state index contributed by atoms with van der Waals surface area (Å²) in [5.41, 5.74) is 0.101. The van der Waals surface area contributed by atoms with Crippen LogP contribution in [0.3, 0.4) is 0 Å². The monoisotopic (exact) mass is 483 g/mol. The molecular formula is C20H22ClN3O7S. The van der Waals surface area contributed by atoms with Crippen LogP contribution in [0.15, 0.2) is 17.3 Å². The summed E-state index contributed by atoms with van der Waals surface area (Å²) in [6.07, 6.45) is 2.54. The first-order valence-corrected chi connectivity index (χ1v) is 11.3. The van der Waals surface area contributed by atoms with Crippen molar-refractivity contribution in [2.45, 2.75) is 48.5 Å². The summed E-state index contributed by atoms with van der Waals surface area (Å²) in [5, 5.41) is 32.5. The van der Waals surface area contributed by atoms with E-state index in [0.717, 1.165) is 0 Å². The van der Waals surface area contributed by atoms with Crippen molar-refractivity contribution < 1.29 is 34.5 Å². The minimum atomic E-state index is -1.08. The molecule has 3 aliphatic rings. The molecule has 32 heavy (non-hydrogen) atoms. The van der Waals surface area contributed by atoms with Gasteiger partial charge in [-0.15, -0.1) is 11.8 Å². The number of hydrogen-bond donors (Lipinski definition) is 3. The van der Waals surface area contributed by atoms with Gasteiger partial charge in [0.2, 0.25) is 5.91 Å². The number of rotatable bonds is 5. The van der Waals surface area contributed by atoms with Crippen molar-refractivity contribution in [1.82, 2.24) is 9.80 Å². The number of amides is 2. The predicted molar refractivity (Wildman–Crippen MR) is 116 cm³/mol. The molecule has 0 spiro atoms. The SMILES string of the molecule is C[C@@]1(/C=N/OC2CCN(C(=O)c3ccc(O)c(O)c3Cl)CC2)S[C@@H]2CC(=O)N2[C@H]1C(=O)O. The average Bonchev–Trinajstić information content (AvgIpc) is 2.99. The Kier molecular flexibility index (Phi) is 5.89. The summed E-state index contributed by atoms with van der Waals surface area (Å²) in [6, 6.07) is 1.58. The van der Waals surface area contributed by atoms with Gasteiger partial charge in [0.05, 0.1) is 33.3 Å². The third-order valence-electron chi connectivity index (χ3n) is 5.97. The molecule has 0 aliphatic carbocycles. The molecule has 3 N–H and O–H groups in total. The van der Waals surface area contributed by atoms with E-state index in [0.29, 0.717) is 32.4 Å². The molecule has 3 aliphatic heterocycles. The van der Waals surface area contributed by atoms with Crippen LogP contribution < -0.4 is 0 Å². The molecule has 4 rings (SSSR count). The molecule has 12 heteroatoms. The topological polar surface area (TPSA) is 140 Å². The molecule has 172 valence electrons. The Morgan fingerprint density at radius 2 is 2.00 bits per heavy atom. The van der Waals surface area contributed by atoms with Crippen LogP contribution in [-0.2, 0) is 14.4 Å². The number of carbonyl (C=O) groups excluding carboxylic acids is 2. The van der Waals surface area contributed by atoms with Gasteiger partial charge in [0.15, 0.2) is 11.5 Å². The fraction of sp³-hybridized carbons (Fsp3) is 0.500. The van der Waals surface area contributed by atoms with Crippen LogP contribution in [0.2, 0.25) is 5.02 Å². The molecule has 3 saturated heterocycles. The van der Waals surface area contributed by atoms with Gasteiger partial charge in [-0.05, 0) is 19.1 Å². The third kappa shape index (κ3) is 3.83. The quantitative estimate of drug-likeness (QED) is 0.249. The van der Waals surface area contributed by atoms with Crippen molar-refractivity contribution in [2.75, 3.05) is 13.1 Å². The number of phenols is 2. The highest BCUT2D eigenvalue weighted by Gasteiger charge is 2.60. The first-order valence-electron chi connectivity index (χ1n) is 10.0. The molecule has 3 heterocycles. The lowest BCUT2D eigenvalue weighted by Crippen LogP contribution is -2.57. The van der Waals surface area contributed by atoms with Crippen LogP contribution in [0.4, 0.5) is 0 Å². The van der Waals surface area contributed by atoms with Crippen LogP contribution in [0, 0.1) is 0 Å². The second-order valence-corrected chi connectivity index (χ2v) is 10.2. The molecule has 2 amide bonds. The Morgan fingerprint density at radius 3 is 2.62 bits per heavy atom. The first-order chi connectivity index (χ1) is 15.1. The number of carboxylic acid groups (broad SMARTS) is 1. The van der Waals surface area contributed by atoms with E-state index in [1.165, 1.54) is 35.0 Å². The number of phenolic OH excluding ortho intramolecular Hbond substituents is 2. The zero-order valence-electron chi connectivity index (χ0n) is 17.1. The molecule has 1 aromatic rings. The number of β-lactam (4-membered cyclic amide) rings is 1. The molecule has 3 fully saturated rings. The highest BCUT2D eigenvalue weighted by molar-refractivity contribution is 8.02. The van der Waals surface area contributed by atoms with E-state index in [2.05, 4.69) is 5.16 Å². The van der Waals surface area contributed by atoms with Crippen molar-refractivity contribution >= 4 is 47.4 Å². The third-order valence-corrected chi connectivity index (χ3v) is 7.85. The number of carbonyl (C=O) groups is 3. The van der Waals surface area contributed by atoms with E-state index in [1.807, 2.05) is 0 Å². The zero-order chi connectivity index (χ0) is 23.2. The number of benzene rings is 1. The number of likely N-dealkylation sites (tertiary alicyclic amines) is 1. The molecule has 0 aromatic heterocycles. The first kappa shape index (κ1) is 22.5. The van der Waals surface area contributed by atoms with E-state index in [1.54, 1.807) is 11.8 Å². The number of nitrogens with zero attached hydrogens (tertiary/aromatic N) is 3. The maximum atomic E-state index is 12.7. The molecule has 0 bridgehead atoms. The molecule has 0 radical (unpaired) electrons. The number of carboxylic acids is 1. The largest absolute Gasteiger partial charge is 0.504 e. The molecule has 3 atom stereocenters. The summed E-state index contributed by atoms with van der Waals surface area (Å²) in [7, 11) is 0. The summed E-state index contributed by atoms with van der Waals surface area (Å²) >= 11 is 7.37. The van der Waals surface area contributed by atoms with Gasteiger partial charge in [0.1, 0.15) is 12.1 Å². The molecule has 0 unspecified atom stereocenters. The number of aliphatic carboxylic acids is 1. The number of aromatic hydroxyl groups is 2. The fourth-order valence-corrected chi connectivity index (χ4v) is 6.04. The highest BCUT2D eigenvalue weighted by Crippen LogP contribution is 2.50. The number of fused-ring (bicyclic) bond motifs is 1. The van der Waals surface area contributed by atoms with Crippen LogP contribution in [0.5, 0.6) is 11.5 Å². The van der Waals surface area contributed by atoms with Crippen LogP contribution in [-0.4, -0.2) is 84.5 Å². The standard InChI is InChI=1S/C20H22ClN3O7S/c1-20(17(19(29)30)24-13(26)8-14(24)32-20)9-22-31-10-4-6-23(7-5-10)18(28)11-2-3-12(25)16(27)15(11)21/h2-3,9-10,14,17,25,27H,4-8H2,1H3,(H,29,30)/b22-9+/t14-,17+,20+/m1/s1. The summed E-state index contributed by atoms with van der Waals surface area (Å²) in [4.78, 5) is 44.7. The van der Waals surface area contributed by atoms with Gasteiger partial charge in [0, 0.05) is 25.9 Å². The summed E-state index contributed by atoms with van der Waals surface area (Å²) < 4.78 is -0.892. The number of thioether (sulfide) groups is 1. The Hall–Kier alpha value is -2.66. The van der Waals surface area contributed by atoms with Gasteiger partial charge in [-0.2, -0.15) is 0 Å². The predicted octanol–water partition coefficient (Wildman–Crippen LogP) is 1.88. The van der Waals surface area contributed by atoms with E-state index in [4.69, 9.17) is 16.4 Å². The molecule has 1 aromatic carbocycles. The van der Waals surface area contributed by atoms with E-state index >= 15 is 0 Å². The molecule has 10 nitrogen and oxygen atoms in total. The minimum Gasteiger partial charge on any atom is -0.504 e. The number of oxime groups is 1. The van der Waals surface area contributed by atoms with Crippen molar-refractivity contribution in [3.63, 3.8) is 0 Å². The van der Waals surface area contributed by atoms with Crippen molar-refractivity contribution in [3.8, 4) is 11.5 Å². The number of halogens is 1. The second-order valence-electron chi connectivity index (χ2n) is 8.13. The maximum absolute atomic E-state index is 12.7. The second kappa shape index (κ2) is 8.36. The smallest absolute Gasteiger partial charge is 0.328 e. The van der Waals surface area contributed by atoms with Gasteiger partial charge >= 0.3 is 5.97 Å². The normalized spacial score (nSPS) is 28.0. The van der Waals surface area contributed by atoms with Crippen molar-refractivity contribution in [1.29, 1.82) is 0 Å². The van der Waals surface area contributed by atoms with Gasteiger partial charge in [-0.25, -0.2) is 4.79 Å². The van der Waals surface area contributed by atoms with Gasteiger partial charge < -0.3 is 30.0 Å². The minimum absolute atomic E-state index is 0.101. The lowest BCUT2D eigenvalue weighted by atomic mass is 9.98. The van der Waals surface area contributed by atoms with Gasteiger partial charge in [-0.1, -0.05) is 16.8 Å². The van der Waals surface area contributed by atoms with Gasteiger partial charge in [0.25, 0.3) is 5.91 Å². The number of piperidine rings is 1. The van der Waals surface area contributed by atoms with Gasteiger partial charge in [-0.3, -0.25) is 9.59 Å². The van der Waals surface area contributed by atoms with Crippen LogP contribution in [0.1, 0.15) is 36.5 Å². The van der Waals surface area contributed by atoms with Crippen molar-refractivity contribution in [3.05, 3.63) is 22.7 Å².